The minimum absolute atomic E-state index is 0.119. The van der Waals surface area contributed by atoms with E-state index in [1.54, 1.807) is 6.07 Å². The van der Waals surface area contributed by atoms with E-state index >= 15 is 0 Å². The van der Waals surface area contributed by atoms with Gasteiger partial charge in [0.15, 0.2) is 23.0 Å². The van der Waals surface area contributed by atoms with Crippen molar-refractivity contribution >= 4 is 17.4 Å². The SMILES string of the molecule is COc1c(C(=O)CN)cc2c(c1Cl)OCCO2. The molecule has 0 spiro atoms. The minimum Gasteiger partial charge on any atom is -0.494 e. The van der Waals surface area contributed by atoms with Gasteiger partial charge in [0.05, 0.1) is 19.2 Å². The number of benzene rings is 1. The Labute approximate surface area is 103 Å². The molecule has 0 bridgehead atoms. The molecule has 0 saturated carbocycles. The summed E-state index contributed by atoms with van der Waals surface area (Å²) in [5.41, 5.74) is 5.64. The molecule has 5 nitrogen and oxygen atoms in total. The number of carbonyl (C=O) groups excluding carboxylic acids is 1. The number of rotatable bonds is 3. The number of methoxy groups -OCH3 is 1. The van der Waals surface area contributed by atoms with Gasteiger partial charge in [0.2, 0.25) is 0 Å². The van der Waals surface area contributed by atoms with E-state index < -0.39 is 0 Å². The third-order valence-electron chi connectivity index (χ3n) is 2.42. The Kier molecular flexibility index (Phi) is 3.40. The highest BCUT2D eigenvalue weighted by molar-refractivity contribution is 6.34. The van der Waals surface area contributed by atoms with Crippen molar-refractivity contribution in [1.82, 2.24) is 0 Å². The van der Waals surface area contributed by atoms with E-state index in [4.69, 9.17) is 31.5 Å². The number of hydrogen-bond acceptors (Lipinski definition) is 5. The molecule has 1 heterocycles. The van der Waals surface area contributed by atoms with Crippen molar-refractivity contribution in [2.24, 2.45) is 5.73 Å². The van der Waals surface area contributed by atoms with Gasteiger partial charge in [-0.15, -0.1) is 0 Å². The number of ketones is 1. The first-order valence-electron chi connectivity index (χ1n) is 5.08. The molecule has 0 amide bonds. The van der Waals surface area contributed by atoms with Crippen LogP contribution in [0.2, 0.25) is 5.02 Å². The van der Waals surface area contributed by atoms with Crippen LogP contribution in [0.15, 0.2) is 6.07 Å². The van der Waals surface area contributed by atoms with Gasteiger partial charge < -0.3 is 19.9 Å². The van der Waals surface area contributed by atoms with Crippen molar-refractivity contribution < 1.29 is 19.0 Å². The fraction of sp³-hybridized carbons (Fsp3) is 0.364. The second kappa shape index (κ2) is 4.81. The summed E-state index contributed by atoms with van der Waals surface area (Å²) in [4.78, 5) is 11.7. The highest BCUT2D eigenvalue weighted by Crippen LogP contribution is 2.45. The van der Waals surface area contributed by atoms with Gasteiger partial charge in [0.1, 0.15) is 18.2 Å². The fourth-order valence-corrected chi connectivity index (χ4v) is 1.97. The Morgan fingerprint density at radius 3 is 2.88 bits per heavy atom. The quantitative estimate of drug-likeness (QED) is 0.826. The molecule has 1 aromatic carbocycles. The average molecular weight is 258 g/mol. The zero-order valence-electron chi connectivity index (χ0n) is 9.29. The van der Waals surface area contributed by atoms with Crippen molar-refractivity contribution in [2.45, 2.75) is 0 Å². The lowest BCUT2D eigenvalue weighted by atomic mass is 10.1. The maximum Gasteiger partial charge on any atom is 0.183 e. The molecule has 0 fully saturated rings. The summed E-state index contributed by atoms with van der Waals surface area (Å²) in [5.74, 6) is 0.856. The van der Waals surface area contributed by atoms with Crippen molar-refractivity contribution in [1.29, 1.82) is 0 Å². The molecule has 92 valence electrons. The molecule has 17 heavy (non-hydrogen) atoms. The van der Waals surface area contributed by atoms with Gasteiger partial charge in [-0.05, 0) is 6.07 Å². The molecule has 0 unspecified atom stereocenters. The highest BCUT2D eigenvalue weighted by atomic mass is 35.5. The molecular weight excluding hydrogens is 246 g/mol. The first-order valence-corrected chi connectivity index (χ1v) is 5.46. The van der Waals surface area contributed by atoms with Gasteiger partial charge in [0, 0.05) is 0 Å². The maximum atomic E-state index is 11.7. The first kappa shape index (κ1) is 12.0. The number of Topliss-reactive ketones (excluding diaryl/α,β-unsaturated/α-hetero) is 1. The van der Waals surface area contributed by atoms with Crippen LogP contribution in [0, 0.1) is 0 Å². The summed E-state index contributed by atoms with van der Waals surface area (Å²) >= 11 is 6.11. The molecule has 0 radical (unpaired) electrons. The lowest BCUT2D eigenvalue weighted by Crippen LogP contribution is -2.19. The molecule has 0 atom stereocenters. The zero-order valence-corrected chi connectivity index (χ0v) is 10.0. The monoisotopic (exact) mass is 257 g/mol. The lowest BCUT2D eigenvalue weighted by Gasteiger charge is -2.22. The van der Waals surface area contributed by atoms with Crippen molar-refractivity contribution in [2.75, 3.05) is 26.9 Å². The summed E-state index contributed by atoms with van der Waals surface area (Å²) in [7, 11) is 1.44. The van der Waals surface area contributed by atoms with E-state index in [-0.39, 0.29) is 23.1 Å². The third kappa shape index (κ3) is 2.03. The van der Waals surface area contributed by atoms with Gasteiger partial charge in [-0.25, -0.2) is 0 Å². The zero-order chi connectivity index (χ0) is 12.4. The number of ether oxygens (including phenoxy) is 3. The van der Waals surface area contributed by atoms with Crippen LogP contribution in [-0.2, 0) is 0 Å². The van der Waals surface area contributed by atoms with Crippen LogP contribution in [0.1, 0.15) is 10.4 Å². The Balaban J connectivity index is 2.59. The number of hydrogen-bond donors (Lipinski definition) is 1. The Bertz CT molecular complexity index is 461. The van der Waals surface area contributed by atoms with Crippen LogP contribution in [0.5, 0.6) is 17.2 Å². The summed E-state index contributed by atoms with van der Waals surface area (Å²) in [6.07, 6.45) is 0. The number of nitrogens with two attached hydrogens (primary N) is 1. The topological polar surface area (TPSA) is 70.8 Å². The number of halogens is 1. The van der Waals surface area contributed by atoms with Gasteiger partial charge in [-0.1, -0.05) is 11.6 Å². The van der Waals surface area contributed by atoms with Crippen molar-refractivity contribution in [3.05, 3.63) is 16.7 Å². The van der Waals surface area contributed by atoms with E-state index in [0.29, 0.717) is 30.3 Å². The van der Waals surface area contributed by atoms with E-state index in [1.807, 2.05) is 0 Å². The molecule has 6 heteroatoms. The minimum atomic E-state index is -0.263. The van der Waals surface area contributed by atoms with Crippen LogP contribution < -0.4 is 19.9 Å². The molecule has 0 aliphatic carbocycles. The molecule has 1 aliphatic heterocycles. The van der Waals surface area contributed by atoms with Crippen LogP contribution in [0.3, 0.4) is 0 Å². The van der Waals surface area contributed by atoms with Crippen molar-refractivity contribution in [3.8, 4) is 17.2 Å². The van der Waals surface area contributed by atoms with E-state index in [1.165, 1.54) is 7.11 Å². The second-order valence-corrected chi connectivity index (χ2v) is 3.80. The Morgan fingerprint density at radius 1 is 1.53 bits per heavy atom. The van der Waals surface area contributed by atoms with Crippen LogP contribution in [0.4, 0.5) is 0 Å². The van der Waals surface area contributed by atoms with E-state index in [0.717, 1.165) is 0 Å². The second-order valence-electron chi connectivity index (χ2n) is 3.42. The van der Waals surface area contributed by atoms with E-state index in [2.05, 4.69) is 0 Å². The van der Waals surface area contributed by atoms with Gasteiger partial charge in [0.25, 0.3) is 0 Å². The summed E-state index contributed by atoms with van der Waals surface area (Å²) in [5, 5.41) is 0.238. The summed E-state index contributed by atoms with van der Waals surface area (Å²) in [6, 6.07) is 1.55. The van der Waals surface area contributed by atoms with Crippen molar-refractivity contribution in [3.63, 3.8) is 0 Å². The predicted molar refractivity (Wildman–Crippen MR) is 62.4 cm³/mol. The Morgan fingerprint density at radius 2 is 2.24 bits per heavy atom. The fourth-order valence-electron chi connectivity index (χ4n) is 1.65. The molecule has 1 aliphatic rings. The van der Waals surface area contributed by atoms with Gasteiger partial charge in [-0.3, -0.25) is 4.79 Å². The normalized spacial score (nSPS) is 13.4. The standard InChI is InChI=1S/C11H12ClNO4/c1-15-10-6(7(14)5-13)4-8-11(9(10)12)17-3-2-16-8/h4H,2-3,5,13H2,1H3. The van der Waals surface area contributed by atoms with Crippen LogP contribution in [-0.4, -0.2) is 32.7 Å². The van der Waals surface area contributed by atoms with Gasteiger partial charge in [-0.2, -0.15) is 0 Å². The smallest absolute Gasteiger partial charge is 0.183 e. The predicted octanol–water partition coefficient (Wildman–Crippen LogP) is 1.26. The van der Waals surface area contributed by atoms with Crippen LogP contribution >= 0.6 is 11.6 Å². The van der Waals surface area contributed by atoms with Gasteiger partial charge >= 0.3 is 0 Å². The third-order valence-corrected chi connectivity index (χ3v) is 2.76. The van der Waals surface area contributed by atoms with Crippen LogP contribution in [0.25, 0.3) is 0 Å². The average Bonchev–Trinajstić information content (AvgIpc) is 2.37. The molecule has 2 rings (SSSR count). The number of carbonyl (C=O) groups is 1. The molecule has 0 saturated heterocycles. The summed E-state index contributed by atoms with van der Waals surface area (Å²) in [6.45, 7) is 0.721. The molecule has 1 aromatic rings. The summed E-state index contributed by atoms with van der Waals surface area (Å²) < 4.78 is 15.9. The first-order chi connectivity index (χ1) is 8.19. The Hall–Kier alpha value is -1.46. The maximum absolute atomic E-state index is 11.7. The largest absolute Gasteiger partial charge is 0.494 e. The molecule has 2 N–H and O–H groups in total. The number of fused-ring (bicyclic) bond motifs is 1. The van der Waals surface area contributed by atoms with E-state index in [9.17, 15) is 4.79 Å². The molecule has 0 aromatic heterocycles. The highest BCUT2D eigenvalue weighted by Gasteiger charge is 2.25. The molecular formula is C11H12ClNO4. The lowest BCUT2D eigenvalue weighted by molar-refractivity contribution is 0.0997.